The molecule has 2 aliphatic rings. The third-order valence-corrected chi connectivity index (χ3v) is 5.97. The summed E-state index contributed by atoms with van der Waals surface area (Å²) in [4.78, 5) is 0. The van der Waals surface area contributed by atoms with Gasteiger partial charge in [-0.3, -0.25) is 0 Å². The van der Waals surface area contributed by atoms with Gasteiger partial charge in [0.15, 0.2) is 0 Å². The second-order valence-corrected chi connectivity index (χ2v) is 7.24. The zero-order chi connectivity index (χ0) is 15.1. The molecule has 0 bridgehead atoms. The summed E-state index contributed by atoms with van der Waals surface area (Å²) in [5.74, 6) is 0.671. The minimum Gasteiger partial charge on any atom is -0.388 e. The van der Waals surface area contributed by atoms with Crippen LogP contribution in [0, 0.1) is 23.2 Å². The molecule has 1 fully saturated rings. The lowest BCUT2D eigenvalue weighted by Crippen LogP contribution is -2.58. The Kier molecular flexibility index (Phi) is 3.58. The van der Waals surface area contributed by atoms with E-state index in [1.54, 1.807) is 0 Å². The molecular formula is C19H25NO. The number of rotatable bonds is 1. The average molecular weight is 283 g/mol. The van der Waals surface area contributed by atoms with Gasteiger partial charge in [0.2, 0.25) is 0 Å². The maximum atomic E-state index is 11.6. The smallest absolute Gasteiger partial charge is 0.111 e. The van der Waals surface area contributed by atoms with Crippen molar-refractivity contribution < 1.29 is 5.11 Å². The monoisotopic (exact) mass is 283 g/mol. The van der Waals surface area contributed by atoms with Gasteiger partial charge in [-0.15, -0.1) is 0 Å². The van der Waals surface area contributed by atoms with Gasteiger partial charge in [-0.25, -0.2) is 0 Å². The third-order valence-electron chi connectivity index (χ3n) is 5.97. The Balaban J connectivity index is 2.16. The van der Waals surface area contributed by atoms with Crippen LogP contribution in [-0.4, -0.2) is 10.7 Å². The molecule has 0 radical (unpaired) electrons. The number of aryl methyl sites for hydroxylation is 1. The van der Waals surface area contributed by atoms with Crippen molar-refractivity contribution in [2.45, 2.75) is 63.4 Å². The first-order chi connectivity index (χ1) is 10.0. The van der Waals surface area contributed by atoms with E-state index in [2.05, 4.69) is 32.0 Å². The summed E-state index contributed by atoms with van der Waals surface area (Å²) < 4.78 is 0. The quantitative estimate of drug-likeness (QED) is 0.847. The van der Waals surface area contributed by atoms with E-state index in [1.165, 1.54) is 5.56 Å². The Bertz CT molecular complexity index is 575. The van der Waals surface area contributed by atoms with Gasteiger partial charge < -0.3 is 5.11 Å². The van der Waals surface area contributed by atoms with Crippen molar-refractivity contribution in [3.63, 3.8) is 0 Å². The van der Waals surface area contributed by atoms with Crippen LogP contribution in [0.15, 0.2) is 24.3 Å². The molecule has 112 valence electrons. The van der Waals surface area contributed by atoms with Gasteiger partial charge in [-0.05, 0) is 55.1 Å². The third kappa shape index (κ3) is 2.02. The molecule has 3 rings (SSSR count). The summed E-state index contributed by atoms with van der Waals surface area (Å²) in [7, 11) is 0. The minimum absolute atomic E-state index is 0.180. The van der Waals surface area contributed by atoms with Crippen LogP contribution >= 0.6 is 0 Å². The number of fused-ring (bicyclic) bond motifs is 1. The molecule has 1 aromatic carbocycles. The van der Waals surface area contributed by atoms with Gasteiger partial charge in [-0.2, -0.15) is 5.26 Å². The van der Waals surface area contributed by atoms with Crippen molar-refractivity contribution in [2.24, 2.45) is 11.8 Å². The van der Waals surface area contributed by atoms with Crippen molar-refractivity contribution in [3.8, 4) is 6.07 Å². The zero-order valence-electron chi connectivity index (χ0n) is 13.1. The topological polar surface area (TPSA) is 44.0 Å². The second kappa shape index (κ2) is 5.14. The molecular weight excluding hydrogens is 258 g/mol. The summed E-state index contributed by atoms with van der Waals surface area (Å²) in [5.41, 5.74) is 0.720. The van der Waals surface area contributed by atoms with Crippen LogP contribution in [0.5, 0.6) is 0 Å². The van der Waals surface area contributed by atoms with Crippen LogP contribution in [-0.2, 0) is 11.8 Å². The standard InChI is InChI=1S/C19H25NO/c1-14-9-10-15(2)19(21,12-14)18(13-20)11-5-7-16-6-3-4-8-17(16)18/h3-4,6,8,14-15,21H,5,7,9-12H2,1-2H3. The van der Waals surface area contributed by atoms with E-state index in [-0.39, 0.29) is 5.92 Å². The fourth-order valence-electron chi connectivity index (χ4n) is 4.70. The molecule has 0 aromatic heterocycles. The number of benzene rings is 1. The van der Waals surface area contributed by atoms with Crippen LogP contribution in [0.2, 0.25) is 0 Å². The normalized spacial score (nSPS) is 39.3. The Morgan fingerprint density at radius 2 is 2.00 bits per heavy atom. The molecule has 1 saturated carbocycles. The van der Waals surface area contributed by atoms with E-state index in [1.807, 2.05) is 12.1 Å². The lowest BCUT2D eigenvalue weighted by molar-refractivity contribution is -0.105. The molecule has 0 amide bonds. The van der Waals surface area contributed by atoms with Crippen molar-refractivity contribution in [1.29, 1.82) is 5.26 Å². The number of hydrogen-bond acceptors (Lipinski definition) is 2. The van der Waals surface area contributed by atoms with Crippen molar-refractivity contribution in [3.05, 3.63) is 35.4 Å². The highest BCUT2D eigenvalue weighted by molar-refractivity contribution is 5.45. The summed E-state index contributed by atoms with van der Waals surface area (Å²) >= 11 is 0. The number of nitrogens with zero attached hydrogens (tertiary/aromatic N) is 1. The van der Waals surface area contributed by atoms with E-state index in [0.29, 0.717) is 5.92 Å². The van der Waals surface area contributed by atoms with Gasteiger partial charge in [-0.1, -0.05) is 44.5 Å². The van der Waals surface area contributed by atoms with Gasteiger partial charge in [0.05, 0.1) is 11.7 Å². The highest BCUT2D eigenvalue weighted by atomic mass is 16.3. The van der Waals surface area contributed by atoms with E-state index < -0.39 is 11.0 Å². The molecule has 0 spiro atoms. The number of nitriles is 1. The van der Waals surface area contributed by atoms with Gasteiger partial charge in [0.1, 0.15) is 5.41 Å². The Morgan fingerprint density at radius 1 is 1.24 bits per heavy atom. The molecule has 4 atom stereocenters. The predicted molar refractivity (Wildman–Crippen MR) is 83.8 cm³/mol. The molecule has 1 N–H and O–H groups in total. The van der Waals surface area contributed by atoms with E-state index in [9.17, 15) is 10.4 Å². The molecule has 4 unspecified atom stereocenters. The van der Waals surface area contributed by atoms with Gasteiger partial charge in [0.25, 0.3) is 0 Å². The Labute approximate surface area is 127 Å². The summed E-state index contributed by atoms with van der Waals surface area (Å²) in [6, 6.07) is 10.8. The van der Waals surface area contributed by atoms with Crippen LogP contribution in [0.25, 0.3) is 0 Å². The number of aliphatic hydroxyl groups is 1. The number of hydrogen-bond donors (Lipinski definition) is 1. The van der Waals surface area contributed by atoms with Crippen LogP contribution in [0.3, 0.4) is 0 Å². The molecule has 2 heteroatoms. The molecule has 0 aliphatic heterocycles. The maximum Gasteiger partial charge on any atom is 0.111 e. The van der Waals surface area contributed by atoms with E-state index in [0.717, 1.165) is 44.1 Å². The van der Waals surface area contributed by atoms with Crippen molar-refractivity contribution in [1.82, 2.24) is 0 Å². The highest BCUT2D eigenvalue weighted by Crippen LogP contribution is 2.53. The van der Waals surface area contributed by atoms with Gasteiger partial charge in [0, 0.05) is 0 Å². The fourth-order valence-corrected chi connectivity index (χ4v) is 4.70. The summed E-state index contributed by atoms with van der Waals surface area (Å²) in [6.07, 6.45) is 5.73. The predicted octanol–water partition coefficient (Wildman–Crippen LogP) is 3.97. The first-order valence-electron chi connectivity index (χ1n) is 8.25. The first-order valence-corrected chi connectivity index (χ1v) is 8.25. The van der Waals surface area contributed by atoms with Crippen molar-refractivity contribution in [2.75, 3.05) is 0 Å². The molecule has 0 saturated heterocycles. The Morgan fingerprint density at radius 3 is 2.76 bits per heavy atom. The van der Waals surface area contributed by atoms with Gasteiger partial charge >= 0.3 is 0 Å². The molecule has 2 aliphatic carbocycles. The first kappa shape index (κ1) is 14.6. The lowest BCUT2D eigenvalue weighted by atomic mass is 9.53. The molecule has 21 heavy (non-hydrogen) atoms. The zero-order valence-corrected chi connectivity index (χ0v) is 13.1. The van der Waals surface area contributed by atoms with Crippen molar-refractivity contribution >= 4 is 0 Å². The minimum atomic E-state index is -0.893. The van der Waals surface area contributed by atoms with E-state index >= 15 is 0 Å². The molecule has 2 nitrogen and oxygen atoms in total. The molecule has 0 heterocycles. The molecule has 1 aromatic rings. The highest BCUT2D eigenvalue weighted by Gasteiger charge is 2.57. The average Bonchev–Trinajstić information content (AvgIpc) is 2.50. The maximum absolute atomic E-state index is 11.6. The fraction of sp³-hybridized carbons (Fsp3) is 0.632. The summed E-state index contributed by atoms with van der Waals surface area (Å²) in [5, 5.41) is 21.7. The summed E-state index contributed by atoms with van der Waals surface area (Å²) in [6.45, 7) is 4.33. The lowest BCUT2D eigenvalue weighted by Gasteiger charge is -2.52. The van der Waals surface area contributed by atoms with Crippen LogP contribution < -0.4 is 0 Å². The second-order valence-electron chi connectivity index (χ2n) is 7.24. The van der Waals surface area contributed by atoms with Crippen LogP contribution in [0.1, 0.15) is 57.1 Å². The SMILES string of the molecule is CC1CCC(C)C(O)(C2(C#N)CCCc3ccccc32)C1. The Hall–Kier alpha value is -1.33. The van der Waals surface area contributed by atoms with E-state index in [4.69, 9.17) is 0 Å². The largest absolute Gasteiger partial charge is 0.388 e. The van der Waals surface area contributed by atoms with Crippen LogP contribution in [0.4, 0.5) is 0 Å².